The van der Waals surface area contributed by atoms with Crippen LogP contribution < -0.4 is 25.2 Å². The first-order valence-electron chi connectivity index (χ1n) is 13.1. The minimum atomic E-state index is -0.264. The van der Waals surface area contributed by atoms with E-state index in [0.29, 0.717) is 47.5 Å². The van der Waals surface area contributed by atoms with Crippen molar-refractivity contribution in [1.82, 2.24) is 20.2 Å². The topological polar surface area (TPSA) is 103 Å². The fraction of sp³-hybridized carbons (Fsp3) is 0.556. The van der Waals surface area contributed by atoms with Crippen LogP contribution in [0.1, 0.15) is 50.4 Å². The van der Waals surface area contributed by atoms with Crippen molar-refractivity contribution in [3.63, 3.8) is 0 Å². The zero-order chi connectivity index (χ0) is 26.7. The summed E-state index contributed by atoms with van der Waals surface area (Å²) in [7, 11) is 5.44. The summed E-state index contributed by atoms with van der Waals surface area (Å²) >= 11 is 0. The van der Waals surface area contributed by atoms with Crippen LogP contribution in [0.3, 0.4) is 0 Å². The first-order chi connectivity index (χ1) is 17.7. The average molecular weight is 510 g/mol. The molecule has 0 aliphatic carbocycles. The van der Waals surface area contributed by atoms with Crippen LogP contribution in [0.4, 0.5) is 23.1 Å². The molecule has 2 aliphatic heterocycles. The van der Waals surface area contributed by atoms with E-state index in [-0.39, 0.29) is 23.9 Å². The number of ether oxygens (including phenoxy) is 1. The number of aromatic nitrogens is 2. The fourth-order valence-corrected chi connectivity index (χ4v) is 4.98. The number of methoxy groups -OCH3 is 1. The molecule has 10 heteroatoms. The van der Waals surface area contributed by atoms with E-state index < -0.39 is 0 Å². The Morgan fingerprint density at radius 1 is 1.22 bits per heavy atom. The minimum Gasteiger partial charge on any atom is -0.495 e. The number of nitrogens with one attached hydrogen (secondary N) is 2. The monoisotopic (exact) mass is 509 g/mol. The highest BCUT2D eigenvalue weighted by Gasteiger charge is 2.37. The maximum atomic E-state index is 13.0. The molecule has 1 saturated heterocycles. The van der Waals surface area contributed by atoms with Gasteiger partial charge < -0.3 is 30.1 Å². The summed E-state index contributed by atoms with van der Waals surface area (Å²) in [5.74, 6) is 1.95. The van der Waals surface area contributed by atoms with E-state index in [1.807, 2.05) is 13.0 Å². The number of benzene rings is 1. The van der Waals surface area contributed by atoms with Crippen LogP contribution in [0.5, 0.6) is 5.75 Å². The summed E-state index contributed by atoms with van der Waals surface area (Å²) in [6.45, 7) is 8.96. The van der Waals surface area contributed by atoms with Crippen molar-refractivity contribution in [3.05, 3.63) is 30.0 Å². The number of amides is 2. The van der Waals surface area contributed by atoms with Crippen LogP contribution in [-0.4, -0.2) is 79.6 Å². The van der Waals surface area contributed by atoms with Gasteiger partial charge in [-0.1, -0.05) is 20.8 Å². The Kier molecular flexibility index (Phi) is 8.16. The molecule has 1 unspecified atom stereocenters. The van der Waals surface area contributed by atoms with Gasteiger partial charge in [-0.05, 0) is 63.5 Å². The molecule has 1 aromatic carbocycles. The summed E-state index contributed by atoms with van der Waals surface area (Å²) < 4.78 is 5.60. The Bertz CT molecular complexity index is 1130. The van der Waals surface area contributed by atoms with Gasteiger partial charge in [0.2, 0.25) is 11.9 Å². The van der Waals surface area contributed by atoms with Crippen LogP contribution in [-0.2, 0) is 4.79 Å². The molecular formula is C27H39N7O3. The molecule has 0 bridgehead atoms. The lowest BCUT2D eigenvalue weighted by Crippen LogP contribution is -2.53. The predicted molar refractivity (Wildman–Crippen MR) is 146 cm³/mol. The molecule has 37 heavy (non-hydrogen) atoms. The minimum absolute atomic E-state index is 0.0516. The lowest BCUT2D eigenvalue weighted by atomic mass is 10.0. The van der Waals surface area contributed by atoms with E-state index in [4.69, 9.17) is 9.72 Å². The molecule has 1 atom stereocenters. The number of hydrogen-bond acceptors (Lipinski definition) is 8. The smallest absolute Gasteiger partial charge is 0.251 e. The highest BCUT2D eigenvalue weighted by atomic mass is 16.5. The number of likely N-dealkylation sites (N-methyl/N-ethyl adjacent to an activating group) is 1. The summed E-state index contributed by atoms with van der Waals surface area (Å²) in [6.07, 6.45) is 4.26. The number of anilines is 4. The molecule has 2 aliphatic rings. The summed E-state index contributed by atoms with van der Waals surface area (Å²) in [5, 5.41) is 6.39. The predicted octanol–water partition coefficient (Wildman–Crippen LogP) is 3.27. The van der Waals surface area contributed by atoms with Gasteiger partial charge in [-0.2, -0.15) is 4.98 Å². The molecule has 0 saturated carbocycles. The van der Waals surface area contributed by atoms with E-state index in [0.717, 1.165) is 31.7 Å². The molecule has 0 radical (unpaired) electrons. The number of nitrogens with zero attached hydrogens (tertiary/aromatic N) is 5. The van der Waals surface area contributed by atoms with Crippen LogP contribution in [0.2, 0.25) is 0 Å². The highest BCUT2D eigenvalue weighted by molar-refractivity contribution is 6.04. The summed E-state index contributed by atoms with van der Waals surface area (Å²) in [5.41, 5.74) is 1.89. The van der Waals surface area contributed by atoms with Crippen LogP contribution in [0, 0.1) is 5.92 Å². The standard InChI is InChI=1S/C27H39N7O3/c1-7-21-26(36)33(5)22-15-28-27(31-24(22)34(21)16-17(2)3)30-20-9-8-18(14-23(20)37-6)25(35)29-19-10-12-32(4)13-11-19/h8-9,14-15,17,19,21H,7,10-13,16H2,1-6H3,(H,29,35)(H,28,30,31). The third-order valence-corrected chi connectivity index (χ3v) is 7.09. The third-order valence-electron chi connectivity index (χ3n) is 7.09. The average Bonchev–Trinajstić information content (AvgIpc) is 2.88. The number of likely N-dealkylation sites (tertiary alicyclic amines) is 1. The van der Waals surface area contributed by atoms with Crippen LogP contribution >= 0.6 is 0 Å². The molecule has 2 N–H and O–H groups in total. The molecule has 4 rings (SSSR count). The SMILES string of the molecule is CCC1C(=O)N(C)c2cnc(Nc3ccc(C(=O)NC4CCN(C)CC4)cc3OC)nc2N1CC(C)C. The van der Waals surface area contributed by atoms with Crippen molar-refractivity contribution in [1.29, 1.82) is 0 Å². The van der Waals surface area contributed by atoms with E-state index >= 15 is 0 Å². The Hall–Kier alpha value is -3.40. The number of rotatable bonds is 8. The van der Waals surface area contributed by atoms with E-state index in [1.165, 1.54) is 0 Å². The Balaban J connectivity index is 1.56. The summed E-state index contributed by atoms with van der Waals surface area (Å²) in [4.78, 5) is 41.1. The molecule has 2 aromatic rings. The second-order valence-corrected chi connectivity index (χ2v) is 10.4. The number of fused-ring (bicyclic) bond motifs is 1. The molecule has 10 nitrogen and oxygen atoms in total. The Labute approximate surface area is 219 Å². The number of carbonyl (C=O) groups excluding carboxylic acids is 2. The Morgan fingerprint density at radius 2 is 1.95 bits per heavy atom. The van der Waals surface area contributed by atoms with Gasteiger partial charge >= 0.3 is 0 Å². The second-order valence-electron chi connectivity index (χ2n) is 10.4. The Morgan fingerprint density at radius 3 is 2.59 bits per heavy atom. The third kappa shape index (κ3) is 5.79. The summed E-state index contributed by atoms with van der Waals surface area (Å²) in [6, 6.07) is 5.23. The van der Waals surface area contributed by atoms with Gasteiger partial charge in [0.15, 0.2) is 5.82 Å². The zero-order valence-corrected chi connectivity index (χ0v) is 22.7. The van der Waals surface area contributed by atoms with Crippen LogP contribution in [0.25, 0.3) is 0 Å². The van der Waals surface area contributed by atoms with Gasteiger partial charge in [0, 0.05) is 25.2 Å². The van der Waals surface area contributed by atoms with Gasteiger partial charge in [0.05, 0.1) is 19.0 Å². The van der Waals surface area contributed by atoms with E-state index in [9.17, 15) is 9.59 Å². The van der Waals surface area contributed by atoms with Crippen molar-refractivity contribution >= 4 is 35.0 Å². The van der Waals surface area contributed by atoms with Gasteiger partial charge in [-0.25, -0.2) is 4.98 Å². The number of hydrogen-bond donors (Lipinski definition) is 2. The van der Waals surface area contributed by atoms with Crippen molar-refractivity contribution < 1.29 is 14.3 Å². The fourth-order valence-electron chi connectivity index (χ4n) is 4.98. The van der Waals surface area contributed by atoms with E-state index in [1.54, 1.807) is 37.4 Å². The number of piperidine rings is 1. The molecule has 1 aromatic heterocycles. The quantitative estimate of drug-likeness (QED) is 0.559. The largest absolute Gasteiger partial charge is 0.495 e. The van der Waals surface area contributed by atoms with Gasteiger partial charge in [0.1, 0.15) is 17.5 Å². The van der Waals surface area contributed by atoms with Crippen molar-refractivity contribution in [2.75, 3.05) is 56.0 Å². The first-order valence-corrected chi connectivity index (χ1v) is 13.1. The molecule has 0 spiro atoms. The van der Waals surface area contributed by atoms with Crippen molar-refractivity contribution in [2.45, 2.75) is 52.1 Å². The lowest BCUT2D eigenvalue weighted by molar-refractivity contribution is -0.120. The van der Waals surface area contributed by atoms with Crippen LogP contribution in [0.15, 0.2) is 24.4 Å². The second kappa shape index (κ2) is 11.3. The normalized spacial score (nSPS) is 18.7. The lowest BCUT2D eigenvalue weighted by Gasteiger charge is -2.41. The molecular weight excluding hydrogens is 470 g/mol. The maximum absolute atomic E-state index is 13.0. The first kappa shape index (κ1) is 26.7. The van der Waals surface area contributed by atoms with Crippen molar-refractivity contribution in [2.24, 2.45) is 5.92 Å². The van der Waals surface area contributed by atoms with E-state index in [2.05, 4.69) is 46.3 Å². The maximum Gasteiger partial charge on any atom is 0.251 e. The molecule has 200 valence electrons. The van der Waals surface area contributed by atoms with Crippen molar-refractivity contribution in [3.8, 4) is 5.75 Å². The van der Waals surface area contributed by atoms with Gasteiger partial charge in [-0.3, -0.25) is 9.59 Å². The highest BCUT2D eigenvalue weighted by Crippen LogP contribution is 2.36. The number of carbonyl (C=O) groups is 2. The van der Waals surface area contributed by atoms with Gasteiger partial charge in [0.25, 0.3) is 5.91 Å². The molecule has 2 amide bonds. The zero-order valence-electron chi connectivity index (χ0n) is 22.7. The molecule has 1 fully saturated rings. The molecule has 3 heterocycles. The van der Waals surface area contributed by atoms with Gasteiger partial charge in [-0.15, -0.1) is 0 Å².